The molecular formula is C16H26N2O. The van der Waals surface area contributed by atoms with Crippen LogP contribution in [0.15, 0.2) is 18.2 Å². The van der Waals surface area contributed by atoms with Gasteiger partial charge in [-0.3, -0.25) is 4.90 Å². The van der Waals surface area contributed by atoms with Gasteiger partial charge in [-0.25, -0.2) is 0 Å². The summed E-state index contributed by atoms with van der Waals surface area (Å²) in [6.07, 6.45) is 3.37. The monoisotopic (exact) mass is 262 g/mol. The van der Waals surface area contributed by atoms with E-state index in [0.29, 0.717) is 12.6 Å². The molecule has 2 rings (SSSR count). The highest BCUT2D eigenvalue weighted by Gasteiger charge is 2.20. The third-order valence-electron chi connectivity index (χ3n) is 3.78. The average molecular weight is 262 g/mol. The molecule has 0 spiro atoms. The summed E-state index contributed by atoms with van der Waals surface area (Å²) in [4.78, 5) is 2.51. The predicted molar refractivity (Wildman–Crippen MR) is 79.6 cm³/mol. The number of hydrogen-bond donors (Lipinski definition) is 1. The Morgan fingerprint density at radius 2 is 2.00 bits per heavy atom. The molecule has 3 heteroatoms. The van der Waals surface area contributed by atoms with Crippen LogP contribution in [0.2, 0.25) is 0 Å². The minimum absolute atomic E-state index is 0.339. The van der Waals surface area contributed by atoms with Gasteiger partial charge in [0.1, 0.15) is 5.75 Å². The van der Waals surface area contributed by atoms with Crippen LogP contribution in [0.5, 0.6) is 5.75 Å². The fraction of sp³-hybridized carbons (Fsp3) is 0.625. The number of ether oxygens (including phenoxy) is 1. The molecule has 0 amide bonds. The Bertz CT molecular complexity index is 400. The molecule has 3 nitrogen and oxygen atoms in total. The largest absolute Gasteiger partial charge is 0.493 e. The third kappa shape index (κ3) is 3.28. The molecule has 0 aromatic heterocycles. The molecule has 0 radical (unpaired) electrons. The first kappa shape index (κ1) is 14.4. The highest BCUT2D eigenvalue weighted by Crippen LogP contribution is 2.30. The summed E-state index contributed by atoms with van der Waals surface area (Å²) in [6, 6.07) is 6.92. The molecule has 0 fully saturated rings. The Morgan fingerprint density at radius 3 is 2.63 bits per heavy atom. The highest BCUT2D eigenvalue weighted by molar-refractivity contribution is 5.40. The zero-order valence-corrected chi connectivity index (χ0v) is 12.2. The Hall–Kier alpha value is -1.06. The lowest BCUT2D eigenvalue weighted by molar-refractivity contribution is 0.202. The van der Waals surface area contributed by atoms with Gasteiger partial charge in [0.25, 0.3) is 0 Å². The van der Waals surface area contributed by atoms with Crippen molar-refractivity contribution in [3.05, 3.63) is 29.3 Å². The van der Waals surface area contributed by atoms with Crippen molar-refractivity contribution in [2.45, 2.75) is 39.2 Å². The Morgan fingerprint density at radius 1 is 1.26 bits per heavy atom. The average Bonchev–Trinajstić information content (AvgIpc) is 2.87. The smallest absolute Gasteiger partial charge is 0.122 e. The maximum absolute atomic E-state index is 6.04. The number of rotatable bonds is 7. The van der Waals surface area contributed by atoms with Crippen molar-refractivity contribution in [1.82, 2.24) is 4.90 Å². The van der Waals surface area contributed by atoms with Crippen LogP contribution in [0.4, 0.5) is 0 Å². The van der Waals surface area contributed by atoms with Gasteiger partial charge in [0, 0.05) is 19.0 Å². The molecule has 1 aliphatic heterocycles. The van der Waals surface area contributed by atoms with Crippen LogP contribution in [0, 0.1) is 0 Å². The molecule has 1 aromatic carbocycles. The topological polar surface area (TPSA) is 38.5 Å². The van der Waals surface area contributed by atoms with E-state index in [4.69, 9.17) is 10.5 Å². The number of nitrogens with zero attached hydrogens (tertiary/aromatic N) is 1. The molecule has 1 unspecified atom stereocenters. The third-order valence-corrected chi connectivity index (χ3v) is 3.78. The lowest BCUT2D eigenvalue weighted by Crippen LogP contribution is -2.35. The van der Waals surface area contributed by atoms with E-state index in [1.165, 1.54) is 24.0 Å². The van der Waals surface area contributed by atoms with E-state index in [9.17, 15) is 0 Å². The Balaban J connectivity index is 2.19. The molecule has 1 atom stereocenters. The van der Waals surface area contributed by atoms with Gasteiger partial charge in [-0.15, -0.1) is 0 Å². The van der Waals surface area contributed by atoms with Gasteiger partial charge in [-0.2, -0.15) is 0 Å². The van der Waals surface area contributed by atoms with E-state index in [1.54, 1.807) is 0 Å². The van der Waals surface area contributed by atoms with Crippen molar-refractivity contribution in [3.63, 3.8) is 0 Å². The van der Waals surface area contributed by atoms with Crippen LogP contribution in [0.1, 0.15) is 43.9 Å². The minimum atomic E-state index is 0.339. The van der Waals surface area contributed by atoms with E-state index in [-0.39, 0.29) is 0 Å². The maximum atomic E-state index is 6.04. The van der Waals surface area contributed by atoms with Gasteiger partial charge in [-0.05, 0) is 43.1 Å². The Kier molecular flexibility index (Phi) is 5.23. The SMILES string of the molecule is CCCN(CCC)C(CN)c1ccc2c(c1)CCO2. The van der Waals surface area contributed by atoms with E-state index in [2.05, 4.69) is 36.9 Å². The van der Waals surface area contributed by atoms with Crippen LogP contribution in [-0.4, -0.2) is 31.1 Å². The summed E-state index contributed by atoms with van der Waals surface area (Å²) in [5.74, 6) is 1.05. The fourth-order valence-electron chi connectivity index (χ4n) is 2.91. The van der Waals surface area contributed by atoms with Gasteiger partial charge in [-0.1, -0.05) is 26.0 Å². The summed E-state index contributed by atoms with van der Waals surface area (Å²) in [5, 5.41) is 0. The van der Waals surface area contributed by atoms with E-state index >= 15 is 0 Å². The normalized spacial score (nSPS) is 15.4. The second-order valence-corrected chi connectivity index (χ2v) is 5.25. The first-order valence-electron chi connectivity index (χ1n) is 7.49. The van der Waals surface area contributed by atoms with Crippen molar-refractivity contribution >= 4 is 0 Å². The molecular weight excluding hydrogens is 236 g/mol. The summed E-state index contributed by atoms with van der Waals surface area (Å²) in [7, 11) is 0. The van der Waals surface area contributed by atoms with E-state index in [0.717, 1.165) is 31.9 Å². The molecule has 1 aliphatic rings. The van der Waals surface area contributed by atoms with Gasteiger partial charge >= 0.3 is 0 Å². The minimum Gasteiger partial charge on any atom is -0.493 e. The number of fused-ring (bicyclic) bond motifs is 1. The lowest BCUT2D eigenvalue weighted by Gasteiger charge is -2.31. The lowest BCUT2D eigenvalue weighted by atomic mass is 10.0. The van der Waals surface area contributed by atoms with E-state index < -0.39 is 0 Å². The van der Waals surface area contributed by atoms with Crippen molar-refractivity contribution in [2.75, 3.05) is 26.2 Å². The standard InChI is InChI=1S/C16H26N2O/c1-3-8-18(9-4-2)15(12-17)13-5-6-16-14(11-13)7-10-19-16/h5-6,11,15H,3-4,7-10,12,17H2,1-2H3. The van der Waals surface area contributed by atoms with Crippen molar-refractivity contribution in [2.24, 2.45) is 5.73 Å². The first-order valence-corrected chi connectivity index (χ1v) is 7.49. The molecule has 19 heavy (non-hydrogen) atoms. The van der Waals surface area contributed by atoms with Crippen LogP contribution < -0.4 is 10.5 Å². The second kappa shape index (κ2) is 6.92. The van der Waals surface area contributed by atoms with Gasteiger partial charge in [0.05, 0.1) is 6.61 Å². The Labute approximate surface area is 116 Å². The van der Waals surface area contributed by atoms with Crippen LogP contribution in [0.3, 0.4) is 0 Å². The van der Waals surface area contributed by atoms with Crippen molar-refractivity contribution in [3.8, 4) is 5.75 Å². The fourth-order valence-corrected chi connectivity index (χ4v) is 2.91. The predicted octanol–water partition coefficient (Wildman–Crippen LogP) is 2.74. The number of nitrogens with two attached hydrogens (primary N) is 1. The molecule has 0 aliphatic carbocycles. The van der Waals surface area contributed by atoms with Crippen molar-refractivity contribution in [1.29, 1.82) is 0 Å². The molecule has 1 heterocycles. The molecule has 2 N–H and O–H groups in total. The quantitative estimate of drug-likeness (QED) is 0.821. The van der Waals surface area contributed by atoms with E-state index in [1.807, 2.05) is 0 Å². The maximum Gasteiger partial charge on any atom is 0.122 e. The highest BCUT2D eigenvalue weighted by atomic mass is 16.5. The van der Waals surface area contributed by atoms with Gasteiger partial charge < -0.3 is 10.5 Å². The summed E-state index contributed by atoms with van der Waals surface area (Å²) >= 11 is 0. The number of benzene rings is 1. The summed E-state index contributed by atoms with van der Waals surface area (Å²) < 4.78 is 5.58. The van der Waals surface area contributed by atoms with Gasteiger partial charge in [0.2, 0.25) is 0 Å². The molecule has 0 saturated carbocycles. The molecule has 0 bridgehead atoms. The van der Waals surface area contributed by atoms with Crippen molar-refractivity contribution < 1.29 is 4.74 Å². The van der Waals surface area contributed by atoms with Crippen LogP contribution in [-0.2, 0) is 6.42 Å². The second-order valence-electron chi connectivity index (χ2n) is 5.25. The molecule has 1 aromatic rings. The summed E-state index contributed by atoms with van der Waals surface area (Å²) in [5.41, 5.74) is 8.72. The van der Waals surface area contributed by atoms with Crippen LogP contribution in [0.25, 0.3) is 0 Å². The zero-order valence-electron chi connectivity index (χ0n) is 12.2. The van der Waals surface area contributed by atoms with Gasteiger partial charge in [0.15, 0.2) is 0 Å². The number of hydrogen-bond acceptors (Lipinski definition) is 3. The molecule has 106 valence electrons. The molecule has 0 saturated heterocycles. The zero-order chi connectivity index (χ0) is 13.7. The summed E-state index contributed by atoms with van der Waals surface area (Å²) in [6.45, 7) is 8.19. The van der Waals surface area contributed by atoms with Crippen LogP contribution >= 0.6 is 0 Å². The first-order chi connectivity index (χ1) is 9.30.